The van der Waals surface area contributed by atoms with Gasteiger partial charge in [-0.15, -0.1) is 0 Å². The Labute approximate surface area is 516 Å². The van der Waals surface area contributed by atoms with Crippen LogP contribution in [0.2, 0.25) is 0 Å². The van der Waals surface area contributed by atoms with Crippen LogP contribution in [0.1, 0.15) is 380 Å². The lowest BCUT2D eigenvalue weighted by Gasteiger charge is -2.18. The second-order valence-electron chi connectivity index (χ2n) is 24.5. The van der Waals surface area contributed by atoms with Crippen molar-refractivity contribution < 1.29 is 28.6 Å². The molecule has 0 saturated carbocycles. The van der Waals surface area contributed by atoms with E-state index in [9.17, 15) is 14.4 Å². The number of unbranched alkanes of at least 4 members (excludes halogenated alkanes) is 44. The van der Waals surface area contributed by atoms with E-state index in [2.05, 4.69) is 93.7 Å². The first kappa shape index (κ1) is 79.8. The SMILES string of the molecule is CCCCCC/C=C\C/C=C\CCCCCCCC(=O)OC(COC(=O)CCCCCCC/C=C\CCCCCCCCC)COC(=O)CCCCCCCCCCCCCCCCCCCC/C=C\C/C=C\C/C=C\CCCCCCC. The van der Waals surface area contributed by atoms with E-state index in [0.29, 0.717) is 19.3 Å². The molecule has 0 aromatic heterocycles. The van der Waals surface area contributed by atoms with Crippen LogP contribution >= 0.6 is 0 Å². The van der Waals surface area contributed by atoms with E-state index in [1.165, 1.54) is 238 Å². The van der Waals surface area contributed by atoms with Crippen LogP contribution in [-0.4, -0.2) is 37.2 Å². The fraction of sp³-hybridized carbons (Fsp3) is 0.805. The first-order chi connectivity index (χ1) is 41.0. The van der Waals surface area contributed by atoms with Crippen molar-refractivity contribution in [3.05, 3.63) is 72.9 Å². The van der Waals surface area contributed by atoms with Gasteiger partial charge in [0.05, 0.1) is 0 Å². The molecule has 0 aliphatic rings. The van der Waals surface area contributed by atoms with Crippen molar-refractivity contribution in [2.75, 3.05) is 13.2 Å². The fourth-order valence-electron chi connectivity index (χ4n) is 10.7. The number of esters is 3. The number of rotatable bonds is 67. The van der Waals surface area contributed by atoms with Crippen LogP contribution in [0, 0.1) is 0 Å². The Hall–Kier alpha value is -3.15. The Morgan fingerprint density at radius 3 is 0.699 bits per heavy atom. The van der Waals surface area contributed by atoms with E-state index in [1.54, 1.807) is 0 Å². The van der Waals surface area contributed by atoms with Crippen LogP contribution in [0.25, 0.3) is 0 Å². The average Bonchev–Trinajstić information content (AvgIpc) is 3.50. The van der Waals surface area contributed by atoms with Gasteiger partial charge in [0.2, 0.25) is 0 Å². The van der Waals surface area contributed by atoms with Crippen molar-refractivity contribution >= 4 is 17.9 Å². The van der Waals surface area contributed by atoms with Gasteiger partial charge in [0.1, 0.15) is 13.2 Å². The molecule has 0 amide bonds. The van der Waals surface area contributed by atoms with Gasteiger partial charge in [0, 0.05) is 19.3 Å². The second-order valence-corrected chi connectivity index (χ2v) is 24.5. The zero-order valence-electron chi connectivity index (χ0n) is 55.5. The summed E-state index contributed by atoms with van der Waals surface area (Å²) in [4.78, 5) is 38.4. The molecule has 0 rings (SSSR count). The van der Waals surface area contributed by atoms with Crippen molar-refractivity contribution in [1.29, 1.82) is 0 Å². The summed E-state index contributed by atoms with van der Waals surface area (Å²) in [5.41, 5.74) is 0. The maximum absolute atomic E-state index is 12.9. The van der Waals surface area contributed by atoms with E-state index >= 15 is 0 Å². The highest BCUT2D eigenvalue weighted by Crippen LogP contribution is 2.18. The summed E-state index contributed by atoms with van der Waals surface area (Å²) in [6, 6.07) is 0. The molecule has 1 unspecified atom stereocenters. The quantitative estimate of drug-likeness (QED) is 0.0261. The monoisotopic (exact) mass is 1160 g/mol. The van der Waals surface area contributed by atoms with Gasteiger partial charge in [-0.25, -0.2) is 0 Å². The van der Waals surface area contributed by atoms with Crippen molar-refractivity contribution in [3.63, 3.8) is 0 Å². The van der Waals surface area contributed by atoms with E-state index in [1.807, 2.05) is 0 Å². The van der Waals surface area contributed by atoms with E-state index in [-0.39, 0.29) is 31.1 Å². The van der Waals surface area contributed by atoms with E-state index in [0.717, 1.165) is 103 Å². The minimum Gasteiger partial charge on any atom is -0.462 e. The zero-order chi connectivity index (χ0) is 59.9. The molecule has 0 aromatic rings. The molecule has 0 aliphatic carbocycles. The molecule has 6 heteroatoms. The van der Waals surface area contributed by atoms with Gasteiger partial charge in [-0.05, 0) is 116 Å². The molecule has 0 aromatic carbocycles. The van der Waals surface area contributed by atoms with Gasteiger partial charge in [0.15, 0.2) is 6.10 Å². The minimum atomic E-state index is -0.786. The number of carbonyl (C=O) groups excluding carboxylic acids is 3. The number of hydrogen-bond acceptors (Lipinski definition) is 6. The van der Waals surface area contributed by atoms with E-state index in [4.69, 9.17) is 14.2 Å². The van der Waals surface area contributed by atoms with E-state index < -0.39 is 6.10 Å². The highest BCUT2D eigenvalue weighted by Gasteiger charge is 2.19. The summed E-state index contributed by atoms with van der Waals surface area (Å²) in [7, 11) is 0. The summed E-state index contributed by atoms with van der Waals surface area (Å²) >= 11 is 0. The number of ether oxygens (including phenoxy) is 3. The van der Waals surface area contributed by atoms with Crippen LogP contribution in [0.4, 0.5) is 0 Å². The smallest absolute Gasteiger partial charge is 0.306 e. The Morgan fingerprint density at radius 2 is 0.434 bits per heavy atom. The summed E-state index contributed by atoms with van der Waals surface area (Å²) < 4.78 is 17.0. The zero-order valence-corrected chi connectivity index (χ0v) is 55.5. The molecule has 83 heavy (non-hydrogen) atoms. The van der Waals surface area contributed by atoms with Crippen molar-refractivity contribution in [2.24, 2.45) is 0 Å². The lowest BCUT2D eigenvalue weighted by Crippen LogP contribution is -2.30. The largest absolute Gasteiger partial charge is 0.462 e. The Bertz CT molecular complexity index is 1520. The Kier molecular flexibility index (Phi) is 68.6. The van der Waals surface area contributed by atoms with Crippen molar-refractivity contribution in [2.45, 2.75) is 386 Å². The summed E-state index contributed by atoms with van der Waals surface area (Å²) in [5.74, 6) is -0.882. The van der Waals surface area contributed by atoms with Gasteiger partial charge in [-0.2, -0.15) is 0 Å². The standard InChI is InChI=1S/C77H138O6/c1-4-7-10-13-16-19-22-25-28-31-32-33-34-35-36-37-38-39-40-41-42-43-44-45-46-47-50-52-55-58-61-64-67-70-76(79)82-73-74(83-77(80)71-68-65-62-59-56-53-49-30-27-24-21-18-15-12-9-6-3)72-81-75(78)69-66-63-60-57-54-51-48-29-26-23-20-17-14-11-8-5-2/h21-22,24-25,29-32,34-35,48-49,74H,4-20,23,26-28,33,36-47,50-73H2,1-3H3/b24-21-,25-22-,32-31-,35-34-,48-29-,49-30-. The molecule has 0 saturated heterocycles. The van der Waals surface area contributed by atoms with Gasteiger partial charge in [-0.1, -0.05) is 318 Å². The molecule has 0 radical (unpaired) electrons. The average molecular weight is 1160 g/mol. The third kappa shape index (κ3) is 69.5. The van der Waals surface area contributed by atoms with Crippen LogP contribution in [-0.2, 0) is 28.6 Å². The van der Waals surface area contributed by atoms with Crippen molar-refractivity contribution in [1.82, 2.24) is 0 Å². The highest BCUT2D eigenvalue weighted by molar-refractivity contribution is 5.71. The lowest BCUT2D eigenvalue weighted by molar-refractivity contribution is -0.167. The molecule has 0 spiro atoms. The van der Waals surface area contributed by atoms with Gasteiger partial charge in [-0.3, -0.25) is 14.4 Å². The number of carbonyl (C=O) groups is 3. The predicted octanol–water partition coefficient (Wildman–Crippen LogP) is 25.2. The van der Waals surface area contributed by atoms with Gasteiger partial charge < -0.3 is 14.2 Å². The molecular weight excluding hydrogens is 1020 g/mol. The molecule has 0 fully saturated rings. The number of hydrogen-bond donors (Lipinski definition) is 0. The molecule has 1 atom stereocenters. The first-order valence-electron chi connectivity index (χ1n) is 36.4. The number of allylic oxidation sites excluding steroid dienone is 12. The first-order valence-corrected chi connectivity index (χ1v) is 36.4. The summed E-state index contributed by atoms with van der Waals surface area (Å²) in [6.07, 6.45) is 93.7. The summed E-state index contributed by atoms with van der Waals surface area (Å²) in [6.45, 7) is 6.64. The molecule has 0 heterocycles. The van der Waals surface area contributed by atoms with Crippen LogP contribution < -0.4 is 0 Å². The molecule has 0 aliphatic heterocycles. The lowest BCUT2D eigenvalue weighted by atomic mass is 10.0. The Morgan fingerprint density at radius 1 is 0.241 bits per heavy atom. The third-order valence-corrected chi connectivity index (χ3v) is 16.2. The molecular formula is C77H138O6. The maximum atomic E-state index is 12.9. The van der Waals surface area contributed by atoms with Gasteiger partial charge in [0.25, 0.3) is 0 Å². The molecule has 0 N–H and O–H groups in total. The second kappa shape index (κ2) is 71.3. The molecule has 6 nitrogen and oxygen atoms in total. The Balaban J connectivity index is 4.19. The van der Waals surface area contributed by atoms with Crippen LogP contribution in [0.5, 0.6) is 0 Å². The third-order valence-electron chi connectivity index (χ3n) is 16.2. The van der Waals surface area contributed by atoms with Crippen LogP contribution in [0.15, 0.2) is 72.9 Å². The summed E-state index contributed by atoms with van der Waals surface area (Å²) in [5, 5.41) is 0. The predicted molar refractivity (Wildman–Crippen MR) is 362 cm³/mol. The molecule has 0 bridgehead atoms. The van der Waals surface area contributed by atoms with Crippen LogP contribution in [0.3, 0.4) is 0 Å². The van der Waals surface area contributed by atoms with Crippen molar-refractivity contribution in [3.8, 4) is 0 Å². The molecule has 482 valence electrons. The normalized spacial score (nSPS) is 12.5. The highest BCUT2D eigenvalue weighted by atomic mass is 16.6. The van der Waals surface area contributed by atoms with Gasteiger partial charge >= 0.3 is 17.9 Å². The minimum absolute atomic E-state index is 0.0802. The topological polar surface area (TPSA) is 78.9 Å². The fourth-order valence-corrected chi connectivity index (χ4v) is 10.7. The maximum Gasteiger partial charge on any atom is 0.306 e.